The Labute approximate surface area is 159 Å². The minimum absolute atomic E-state index is 0.0983. The number of hydrogen-bond acceptors (Lipinski definition) is 3. The molecule has 27 heavy (non-hydrogen) atoms. The van der Waals surface area contributed by atoms with Crippen LogP contribution in [0.4, 0.5) is 5.69 Å². The summed E-state index contributed by atoms with van der Waals surface area (Å²) in [5.41, 5.74) is 4.01. The third-order valence-corrected chi connectivity index (χ3v) is 4.97. The number of H-pyrrole nitrogens is 1. The molecule has 4 rings (SSSR count). The first-order chi connectivity index (χ1) is 12.9. The number of fused-ring (bicyclic) bond motifs is 1. The van der Waals surface area contributed by atoms with Crippen LogP contribution in [-0.4, -0.2) is 23.2 Å². The molecule has 1 aromatic heterocycles. The molecule has 138 valence electrons. The van der Waals surface area contributed by atoms with Gasteiger partial charge in [-0.25, -0.2) is 0 Å². The average Bonchev–Trinajstić information content (AvgIpc) is 3.21. The first-order valence-electron chi connectivity index (χ1n) is 9.03. The maximum absolute atomic E-state index is 13.3. The Hall–Kier alpha value is -3.08. The number of nitrogens with zero attached hydrogens (tertiary/aromatic N) is 2. The molecule has 0 bridgehead atoms. The summed E-state index contributed by atoms with van der Waals surface area (Å²) in [6, 6.07) is 17.3. The first kappa shape index (κ1) is 17.3. The van der Waals surface area contributed by atoms with E-state index in [9.17, 15) is 4.79 Å². The van der Waals surface area contributed by atoms with Gasteiger partial charge in [0.2, 0.25) is 0 Å². The van der Waals surface area contributed by atoms with Gasteiger partial charge in [0.05, 0.1) is 13.2 Å². The molecule has 0 unspecified atom stereocenters. The second-order valence-corrected chi connectivity index (χ2v) is 7.77. The van der Waals surface area contributed by atoms with E-state index < -0.39 is 0 Å². The van der Waals surface area contributed by atoms with Gasteiger partial charge < -0.3 is 4.74 Å². The zero-order valence-electron chi connectivity index (χ0n) is 16.0. The van der Waals surface area contributed by atoms with Crippen molar-refractivity contribution in [3.8, 4) is 5.75 Å². The normalized spacial score (nSPS) is 16.5. The van der Waals surface area contributed by atoms with Gasteiger partial charge in [-0.05, 0) is 18.2 Å². The lowest BCUT2D eigenvalue weighted by atomic mass is 9.85. The molecule has 0 spiro atoms. The van der Waals surface area contributed by atoms with Gasteiger partial charge in [0.25, 0.3) is 5.91 Å². The van der Waals surface area contributed by atoms with Crippen LogP contribution in [0.2, 0.25) is 0 Å². The number of carbonyl (C=O) groups is 1. The van der Waals surface area contributed by atoms with E-state index in [1.807, 2.05) is 59.5 Å². The standard InChI is InChI=1S/C22H23N3O2/c1-22(2,3)20-17-18(23-24-20)21(26)25(14-10-6-5-7-11-14)19(17)15-12-8-9-13-16(15)27-4/h5-13,19H,1-4H3,(H,23,24)/t19-/m1/s1. The lowest BCUT2D eigenvalue weighted by Crippen LogP contribution is -2.30. The smallest absolute Gasteiger partial charge is 0.280 e. The molecular weight excluding hydrogens is 338 g/mol. The number of carbonyl (C=O) groups excluding carboxylic acids is 1. The SMILES string of the molecule is COc1ccccc1[C@@H]1c2c(n[nH]c2C(C)(C)C)C(=O)N1c1ccccc1. The van der Waals surface area contributed by atoms with Crippen LogP contribution in [0.5, 0.6) is 5.75 Å². The van der Waals surface area contributed by atoms with Crippen molar-refractivity contribution in [2.75, 3.05) is 12.0 Å². The van der Waals surface area contributed by atoms with Gasteiger partial charge >= 0.3 is 0 Å². The molecule has 0 aliphatic carbocycles. The summed E-state index contributed by atoms with van der Waals surface area (Å²) < 4.78 is 5.63. The summed E-state index contributed by atoms with van der Waals surface area (Å²) in [6.45, 7) is 6.36. The topological polar surface area (TPSA) is 58.2 Å². The van der Waals surface area contributed by atoms with E-state index in [0.717, 1.165) is 28.3 Å². The fourth-order valence-corrected chi connectivity index (χ4v) is 3.75. The molecule has 2 aromatic carbocycles. The fourth-order valence-electron chi connectivity index (χ4n) is 3.75. The largest absolute Gasteiger partial charge is 0.496 e. The molecule has 1 aliphatic heterocycles. The lowest BCUT2D eigenvalue weighted by Gasteiger charge is -2.29. The molecule has 1 amide bonds. The molecule has 3 aromatic rings. The van der Waals surface area contributed by atoms with Gasteiger partial charge in [0.1, 0.15) is 5.75 Å². The van der Waals surface area contributed by atoms with Crippen LogP contribution >= 0.6 is 0 Å². The maximum atomic E-state index is 13.3. The van der Waals surface area contributed by atoms with E-state index in [1.165, 1.54) is 0 Å². The number of amides is 1. The van der Waals surface area contributed by atoms with E-state index in [4.69, 9.17) is 4.74 Å². The molecule has 1 aliphatic rings. The predicted molar refractivity (Wildman–Crippen MR) is 105 cm³/mol. The van der Waals surface area contributed by atoms with Crippen molar-refractivity contribution < 1.29 is 9.53 Å². The predicted octanol–water partition coefficient (Wildman–Crippen LogP) is 4.47. The molecule has 0 fully saturated rings. The number of aromatic amines is 1. The van der Waals surface area contributed by atoms with Crippen LogP contribution in [-0.2, 0) is 5.41 Å². The zero-order chi connectivity index (χ0) is 19.2. The molecule has 0 radical (unpaired) electrons. The van der Waals surface area contributed by atoms with Gasteiger partial charge in [-0.2, -0.15) is 5.10 Å². The third-order valence-electron chi connectivity index (χ3n) is 4.97. The first-order valence-corrected chi connectivity index (χ1v) is 9.03. The monoisotopic (exact) mass is 361 g/mol. The number of ether oxygens (including phenoxy) is 1. The number of benzene rings is 2. The van der Waals surface area contributed by atoms with Crippen LogP contribution < -0.4 is 9.64 Å². The van der Waals surface area contributed by atoms with Crippen LogP contribution in [0.25, 0.3) is 0 Å². The molecular formula is C22H23N3O2. The Bertz CT molecular complexity index is 986. The summed E-state index contributed by atoms with van der Waals surface area (Å²) >= 11 is 0. The second kappa shape index (κ2) is 6.27. The van der Waals surface area contributed by atoms with Crippen molar-refractivity contribution in [1.82, 2.24) is 10.2 Å². The third kappa shape index (κ3) is 2.70. The van der Waals surface area contributed by atoms with Crippen molar-refractivity contribution in [2.24, 2.45) is 0 Å². The molecule has 0 saturated carbocycles. The number of nitrogens with one attached hydrogen (secondary N) is 1. The molecule has 0 saturated heterocycles. The molecule has 1 atom stereocenters. The van der Waals surface area contributed by atoms with Gasteiger partial charge in [0, 0.05) is 27.9 Å². The molecule has 2 heterocycles. The highest BCUT2D eigenvalue weighted by Crippen LogP contribution is 2.46. The van der Waals surface area contributed by atoms with E-state index in [-0.39, 0.29) is 17.4 Å². The molecule has 1 N–H and O–H groups in total. The van der Waals surface area contributed by atoms with Crippen LogP contribution in [0.3, 0.4) is 0 Å². The number of aromatic nitrogens is 2. The molecule has 5 heteroatoms. The summed E-state index contributed by atoms with van der Waals surface area (Å²) in [5, 5.41) is 7.51. The average molecular weight is 361 g/mol. The Balaban J connectivity index is 1.99. The Kier molecular flexibility index (Phi) is 4.02. The summed E-state index contributed by atoms with van der Waals surface area (Å²) in [7, 11) is 1.66. The van der Waals surface area contributed by atoms with E-state index in [0.29, 0.717) is 5.69 Å². The highest BCUT2D eigenvalue weighted by molar-refractivity contribution is 6.10. The van der Waals surface area contributed by atoms with Gasteiger partial charge in [0.15, 0.2) is 5.69 Å². The van der Waals surface area contributed by atoms with Crippen molar-refractivity contribution >= 4 is 11.6 Å². The van der Waals surface area contributed by atoms with Crippen LogP contribution in [0, 0.1) is 0 Å². The maximum Gasteiger partial charge on any atom is 0.280 e. The van der Waals surface area contributed by atoms with Crippen LogP contribution in [0.15, 0.2) is 54.6 Å². The van der Waals surface area contributed by atoms with Crippen molar-refractivity contribution in [3.63, 3.8) is 0 Å². The number of hydrogen-bond donors (Lipinski definition) is 1. The quantitative estimate of drug-likeness (QED) is 0.749. The van der Waals surface area contributed by atoms with E-state index >= 15 is 0 Å². The highest BCUT2D eigenvalue weighted by Gasteiger charge is 2.45. The lowest BCUT2D eigenvalue weighted by molar-refractivity contribution is 0.0988. The summed E-state index contributed by atoms with van der Waals surface area (Å²) in [6.07, 6.45) is 0. The number of para-hydroxylation sites is 2. The number of anilines is 1. The van der Waals surface area contributed by atoms with Gasteiger partial charge in [-0.15, -0.1) is 0 Å². The number of methoxy groups -OCH3 is 1. The summed E-state index contributed by atoms with van der Waals surface area (Å²) in [5.74, 6) is 0.656. The van der Waals surface area contributed by atoms with Crippen molar-refractivity contribution in [3.05, 3.63) is 77.1 Å². The van der Waals surface area contributed by atoms with Gasteiger partial charge in [-0.1, -0.05) is 57.2 Å². The Morgan fingerprint density at radius 2 is 1.70 bits per heavy atom. The fraction of sp³-hybridized carbons (Fsp3) is 0.273. The molecule has 5 nitrogen and oxygen atoms in total. The zero-order valence-corrected chi connectivity index (χ0v) is 16.0. The van der Waals surface area contributed by atoms with E-state index in [2.05, 4.69) is 31.0 Å². The Morgan fingerprint density at radius 1 is 1.04 bits per heavy atom. The highest BCUT2D eigenvalue weighted by atomic mass is 16.5. The van der Waals surface area contributed by atoms with E-state index in [1.54, 1.807) is 7.11 Å². The van der Waals surface area contributed by atoms with Crippen molar-refractivity contribution in [1.29, 1.82) is 0 Å². The van der Waals surface area contributed by atoms with Gasteiger partial charge in [-0.3, -0.25) is 14.8 Å². The van der Waals surface area contributed by atoms with Crippen molar-refractivity contribution in [2.45, 2.75) is 32.2 Å². The minimum atomic E-state index is -0.293. The van der Waals surface area contributed by atoms with Crippen LogP contribution in [0.1, 0.15) is 54.1 Å². The number of rotatable bonds is 3. The second-order valence-electron chi connectivity index (χ2n) is 7.77. The summed E-state index contributed by atoms with van der Waals surface area (Å²) in [4.78, 5) is 15.1. The Morgan fingerprint density at radius 3 is 2.37 bits per heavy atom. The minimum Gasteiger partial charge on any atom is -0.496 e.